The fourth-order valence-corrected chi connectivity index (χ4v) is 3.26. The highest BCUT2D eigenvalue weighted by Crippen LogP contribution is 2.33. The molecule has 0 aliphatic carbocycles. The van der Waals surface area contributed by atoms with Gasteiger partial charge in [0.1, 0.15) is 17.0 Å². The molecular formula is C16H25N5OS. The number of likely N-dealkylation sites (N-methyl/N-ethyl adjacent to an activating group) is 1. The van der Waals surface area contributed by atoms with Gasteiger partial charge in [0.2, 0.25) is 0 Å². The molecule has 1 amide bonds. The van der Waals surface area contributed by atoms with Gasteiger partial charge in [-0.2, -0.15) is 0 Å². The van der Waals surface area contributed by atoms with Crippen molar-refractivity contribution >= 4 is 33.3 Å². The first-order valence-corrected chi connectivity index (χ1v) is 8.62. The summed E-state index contributed by atoms with van der Waals surface area (Å²) < 4.78 is 0. The summed E-state index contributed by atoms with van der Waals surface area (Å²) in [4.78, 5) is 24.7. The zero-order chi connectivity index (χ0) is 17.0. The molecule has 0 saturated carbocycles. The Morgan fingerprint density at radius 1 is 1.35 bits per heavy atom. The molecule has 0 fully saturated rings. The van der Waals surface area contributed by atoms with Crippen LogP contribution in [0.1, 0.15) is 29.1 Å². The largest absolute Gasteiger partial charge is 0.368 e. The van der Waals surface area contributed by atoms with Crippen molar-refractivity contribution in [3.8, 4) is 0 Å². The summed E-state index contributed by atoms with van der Waals surface area (Å²) in [6, 6.07) is 0. The van der Waals surface area contributed by atoms with E-state index in [2.05, 4.69) is 39.3 Å². The third-order valence-electron chi connectivity index (χ3n) is 3.46. The fraction of sp³-hybridized carbons (Fsp3) is 0.562. The third kappa shape index (κ3) is 4.39. The Morgan fingerprint density at radius 2 is 2.09 bits per heavy atom. The molecule has 0 saturated heterocycles. The van der Waals surface area contributed by atoms with Crippen LogP contribution in [0.15, 0.2) is 6.33 Å². The van der Waals surface area contributed by atoms with Crippen molar-refractivity contribution in [3.63, 3.8) is 0 Å². The number of thiophene rings is 1. The number of hydrogen-bond acceptors (Lipinski definition) is 6. The number of aryl methyl sites for hydroxylation is 1. The van der Waals surface area contributed by atoms with Gasteiger partial charge in [-0.15, -0.1) is 11.3 Å². The molecule has 0 unspecified atom stereocenters. The highest BCUT2D eigenvalue weighted by atomic mass is 32.1. The summed E-state index contributed by atoms with van der Waals surface area (Å²) in [6.07, 6.45) is 1.55. The van der Waals surface area contributed by atoms with Crippen LogP contribution < -0.4 is 10.6 Å². The molecule has 2 heterocycles. The van der Waals surface area contributed by atoms with E-state index in [9.17, 15) is 4.79 Å². The van der Waals surface area contributed by atoms with Gasteiger partial charge in [0.05, 0.1) is 10.3 Å². The van der Waals surface area contributed by atoms with Gasteiger partial charge in [-0.05, 0) is 32.5 Å². The number of hydrogen-bond donors (Lipinski definition) is 2. The number of nitrogens with zero attached hydrogens (tertiary/aromatic N) is 3. The molecule has 0 aromatic carbocycles. The van der Waals surface area contributed by atoms with Gasteiger partial charge in [0.25, 0.3) is 5.91 Å². The summed E-state index contributed by atoms with van der Waals surface area (Å²) >= 11 is 1.42. The zero-order valence-electron chi connectivity index (χ0n) is 14.4. The number of carbonyl (C=O) groups excluding carboxylic acids is 1. The maximum atomic E-state index is 12.4. The average Bonchev–Trinajstić information content (AvgIpc) is 2.82. The Kier molecular flexibility index (Phi) is 5.90. The Balaban J connectivity index is 2.25. The van der Waals surface area contributed by atoms with Crippen LogP contribution in [-0.2, 0) is 0 Å². The van der Waals surface area contributed by atoms with Crippen molar-refractivity contribution in [2.75, 3.05) is 39.0 Å². The number of fused-ring (bicyclic) bond motifs is 1. The van der Waals surface area contributed by atoms with Crippen LogP contribution in [-0.4, -0.2) is 54.5 Å². The lowest BCUT2D eigenvalue weighted by Gasteiger charge is -2.11. The second-order valence-electron chi connectivity index (χ2n) is 6.29. The Hall–Kier alpha value is -1.73. The van der Waals surface area contributed by atoms with Gasteiger partial charge in [-0.3, -0.25) is 4.79 Å². The predicted molar refractivity (Wildman–Crippen MR) is 96.4 cm³/mol. The molecule has 2 rings (SSSR count). The average molecular weight is 335 g/mol. The number of nitrogens with one attached hydrogen (secondary N) is 2. The monoisotopic (exact) mass is 335 g/mol. The van der Waals surface area contributed by atoms with E-state index in [1.54, 1.807) is 6.33 Å². The maximum absolute atomic E-state index is 12.4. The normalized spacial score (nSPS) is 11.4. The highest BCUT2D eigenvalue weighted by Gasteiger charge is 2.19. The molecular weight excluding hydrogens is 310 g/mol. The Labute approximate surface area is 141 Å². The van der Waals surface area contributed by atoms with E-state index in [0.29, 0.717) is 12.5 Å². The molecule has 2 aromatic rings. The van der Waals surface area contributed by atoms with Crippen molar-refractivity contribution in [1.82, 2.24) is 20.2 Å². The van der Waals surface area contributed by atoms with Gasteiger partial charge in [0.15, 0.2) is 0 Å². The first-order chi connectivity index (χ1) is 10.9. The molecule has 126 valence electrons. The Bertz CT molecular complexity index is 680. The topological polar surface area (TPSA) is 70.1 Å². The minimum Gasteiger partial charge on any atom is -0.368 e. The van der Waals surface area contributed by atoms with Crippen molar-refractivity contribution in [3.05, 3.63) is 16.8 Å². The van der Waals surface area contributed by atoms with E-state index in [-0.39, 0.29) is 5.91 Å². The molecule has 2 aromatic heterocycles. The van der Waals surface area contributed by atoms with E-state index in [1.807, 2.05) is 21.0 Å². The summed E-state index contributed by atoms with van der Waals surface area (Å²) in [7, 11) is 4.06. The third-order valence-corrected chi connectivity index (χ3v) is 4.65. The van der Waals surface area contributed by atoms with Gasteiger partial charge in [-0.1, -0.05) is 13.8 Å². The quantitative estimate of drug-likeness (QED) is 0.813. The number of rotatable bonds is 7. The summed E-state index contributed by atoms with van der Waals surface area (Å²) in [5.41, 5.74) is 0.944. The van der Waals surface area contributed by atoms with Crippen LogP contribution in [0, 0.1) is 12.8 Å². The molecule has 0 aliphatic rings. The Morgan fingerprint density at radius 3 is 2.74 bits per heavy atom. The molecule has 0 atom stereocenters. The smallest absolute Gasteiger partial charge is 0.261 e. The maximum Gasteiger partial charge on any atom is 0.261 e. The number of aromatic nitrogens is 2. The number of carbonyl (C=O) groups is 1. The molecule has 0 radical (unpaired) electrons. The summed E-state index contributed by atoms with van der Waals surface area (Å²) in [5.74, 6) is 1.20. The first kappa shape index (κ1) is 17.6. The lowest BCUT2D eigenvalue weighted by molar-refractivity contribution is 0.0952. The minimum atomic E-state index is -0.0292. The molecule has 0 aliphatic heterocycles. The van der Waals surface area contributed by atoms with Crippen LogP contribution in [0.4, 0.5) is 5.82 Å². The van der Waals surface area contributed by atoms with Gasteiger partial charge in [0, 0.05) is 19.6 Å². The minimum absolute atomic E-state index is 0.0292. The standard InChI is InChI=1S/C16H25N5OS/c1-10(2)8-18-15(22)13-11(3)12-14(17-6-7-21(4)5)19-9-20-16(12)23-13/h9-10H,6-8H2,1-5H3,(H,18,22)(H,17,19,20). The van der Waals surface area contributed by atoms with Crippen molar-refractivity contribution < 1.29 is 4.79 Å². The molecule has 23 heavy (non-hydrogen) atoms. The van der Waals surface area contributed by atoms with E-state index in [0.717, 1.165) is 39.6 Å². The molecule has 6 nitrogen and oxygen atoms in total. The van der Waals surface area contributed by atoms with Crippen molar-refractivity contribution in [2.24, 2.45) is 5.92 Å². The van der Waals surface area contributed by atoms with Crippen LogP contribution in [0.25, 0.3) is 10.2 Å². The first-order valence-electron chi connectivity index (χ1n) is 7.81. The molecule has 7 heteroatoms. The van der Waals surface area contributed by atoms with Gasteiger partial charge >= 0.3 is 0 Å². The van der Waals surface area contributed by atoms with E-state index in [1.165, 1.54) is 11.3 Å². The molecule has 0 spiro atoms. The second kappa shape index (κ2) is 7.70. The van der Waals surface area contributed by atoms with Crippen molar-refractivity contribution in [1.29, 1.82) is 0 Å². The lowest BCUT2D eigenvalue weighted by Crippen LogP contribution is -2.27. The summed E-state index contributed by atoms with van der Waals surface area (Å²) in [6.45, 7) is 8.50. The lowest BCUT2D eigenvalue weighted by atomic mass is 10.2. The number of amides is 1. The zero-order valence-corrected chi connectivity index (χ0v) is 15.3. The molecule has 0 bridgehead atoms. The van der Waals surface area contributed by atoms with E-state index >= 15 is 0 Å². The van der Waals surface area contributed by atoms with Crippen LogP contribution in [0.5, 0.6) is 0 Å². The predicted octanol–water partition coefficient (Wildman–Crippen LogP) is 2.36. The van der Waals surface area contributed by atoms with Crippen LogP contribution >= 0.6 is 11.3 Å². The second-order valence-corrected chi connectivity index (χ2v) is 7.29. The SMILES string of the molecule is Cc1c(C(=O)NCC(C)C)sc2ncnc(NCCN(C)C)c12. The molecule has 2 N–H and O–H groups in total. The van der Waals surface area contributed by atoms with Crippen molar-refractivity contribution in [2.45, 2.75) is 20.8 Å². The van der Waals surface area contributed by atoms with Crippen LogP contribution in [0.2, 0.25) is 0 Å². The number of anilines is 1. The van der Waals surface area contributed by atoms with Gasteiger partial charge in [-0.25, -0.2) is 9.97 Å². The fourth-order valence-electron chi connectivity index (χ4n) is 2.20. The highest BCUT2D eigenvalue weighted by molar-refractivity contribution is 7.20. The summed E-state index contributed by atoms with van der Waals surface area (Å²) in [5, 5.41) is 7.27. The van der Waals surface area contributed by atoms with E-state index < -0.39 is 0 Å². The van der Waals surface area contributed by atoms with Gasteiger partial charge < -0.3 is 15.5 Å². The van der Waals surface area contributed by atoms with Crippen LogP contribution in [0.3, 0.4) is 0 Å². The van der Waals surface area contributed by atoms with E-state index in [4.69, 9.17) is 0 Å².